The second-order valence-electron chi connectivity index (χ2n) is 4.01. The van der Waals surface area contributed by atoms with E-state index in [9.17, 15) is 4.79 Å². The second kappa shape index (κ2) is 5.71. The fourth-order valence-corrected chi connectivity index (χ4v) is 2.59. The summed E-state index contributed by atoms with van der Waals surface area (Å²) >= 11 is 1.28. The average molecular weight is 275 g/mol. The van der Waals surface area contributed by atoms with Crippen LogP contribution in [0.2, 0.25) is 0 Å². The highest BCUT2D eigenvalue weighted by molar-refractivity contribution is 7.99. The predicted molar refractivity (Wildman–Crippen MR) is 71.0 cm³/mol. The Hall–Kier alpha value is -2.07. The van der Waals surface area contributed by atoms with E-state index in [-0.39, 0.29) is 5.69 Å². The molecule has 2 aromatic heterocycles. The predicted octanol–water partition coefficient (Wildman–Crippen LogP) is 1.71. The van der Waals surface area contributed by atoms with Gasteiger partial charge in [-0.2, -0.15) is 5.26 Å². The van der Waals surface area contributed by atoms with Crippen molar-refractivity contribution in [2.45, 2.75) is 37.0 Å². The monoisotopic (exact) mass is 275 g/mol. The van der Waals surface area contributed by atoms with Gasteiger partial charge in [-0.25, -0.2) is 14.9 Å². The topological polar surface area (TPSA) is 87.4 Å². The highest BCUT2D eigenvalue weighted by Crippen LogP contribution is 2.24. The minimum Gasteiger partial charge on any atom is -0.270 e. The summed E-state index contributed by atoms with van der Waals surface area (Å²) in [6.07, 6.45) is 0.845. The summed E-state index contributed by atoms with van der Waals surface area (Å²) in [6.45, 7) is 4.43. The van der Waals surface area contributed by atoms with Crippen LogP contribution in [-0.2, 0) is 6.54 Å². The van der Waals surface area contributed by atoms with Gasteiger partial charge in [0, 0.05) is 12.2 Å². The zero-order chi connectivity index (χ0) is 13.8. The molecule has 0 atom stereocenters. The molecule has 0 aromatic carbocycles. The lowest BCUT2D eigenvalue weighted by atomic mass is 10.2. The number of pyridine rings is 1. The van der Waals surface area contributed by atoms with E-state index in [4.69, 9.17) is 5.26 Å². The maximum absolute atomic E-state index is 11.6. The third kappa shape index (κ3) is 3.03. The number of hydrogen-bond donors (Lipinski definition) is 1. The maximum Gasteiger partial charge on any atom is 0.343 e. The van der Waals surface area contributed by atoms with Crippen molar-refractivity contribution < 1.29 is 0 Å². The van der Waals surface area contributed by atoms with E-state index < -0.39 is 0 Å². The Kier molecular flexibility index (Phi) is 4.02. The minimum absolute atomic E-state index is 0.225. The van der Waals surface area contributed by atoms with Gasteiger partial charge in [-0.3, -0.25) is 4.57 Å². The van der Waals surface area contributed by atoms with Crippen LogP contribution in [0.25, 0.3) is 0 Å². The van der Waals surface area contributed by atoms with Crippen LogP contribution in [0, 0.1) is 18.3 Å². The van der Waals surface area contributed by atoms with Crippen LogP contribution in [0.1, 0.15) is 24.6 Å². The van der Waals surface area contributed by atoms with E-state index in [1.54, 1.807) is 16.7 Å². The Balaban J connectivity index is 2.34. The standard InChI is InChI=1S/C12H13N5OS/c1-3-4-17-11(18)15-16-12(17)19-10-6-9(7-13)5-8(2)14-10/h5-6H,3-4H2,1-2H3,(H,15,18). The number of nitrogens with zero attached hydrogens (tertiary/aromatic N) is 4. The third-order valence-corrected chi connectivity index (χ3v) is 3.34. The van der Waals surface area contributed by atoms with E-state index >= 15 is 0 Å². The fourth-order valence-electron chi connectivity index (χ4n) is 1.65. The molecule has 0 aliphatic heterocycles. The zero-order valence-corrected chi connectivity index (χ0v) is 11.5. The molecule has 0 aliphatic rings. The van der Waals surface area contributed by atoms with Gasteiger partial charge in [0.2, 0.25) is 0 Å². The molecule has 0 unspecified atom stereocenters. The largest absolute Gasteiger partial charge is 0.343 e. The van der Waals surface area contributed by atoms with Crippen LogP contribution in [0.4, 0.5) is 0 Å². The van der Waals surface area contributed by atoms with E-state index in [1.807, 2.05) is 13.8 Å². The minimum atomic E-state index is -0.225. The Morgan fingerprint density at radius 3 is 3.00 bits per heavy atom. The molecule has 7 heteroatoms. The molecule has 0 aliphatic carbocycles. The number of aromatic nitrogens is 4. The Labute approximate surface area is 114 Å². The lowest BCUT2D eigenvalue weighted by Crippen LogP contribution is -2.17. The molecule has 0 amide bonds. The zero-order valence-electron chi connectivity index (χ0n) is 10.7. The Morgan fingerprint density at radius 1 is 1.53 bits per heavy atom. The first-order valence-corrected chi connectivity index (χ1v) is 6.67. The quantitative estimate of drug-likeness (QED) is 0.917. The first-order chi connectivity index (χ1) is 9.13. The number of nitrogens with one attached hydrogen (secondary N) is 1. The number of aromatic amines is 1. The van der Waals surface area contributed by atoms with Crippen molar-refractivity contribution in [1.82, 2.24) is 19.7 Å². The van der Waals surface area contributed by atoms with Crippen LogP contribution in [0.3, 0.4) is 0 Å². The highest BCUT2D eigenvalue weighted by atomic mass is 32.2. The summed E-state index contributed by atoms with van der Waals surface area (Å²) < 4.78 is 1.57. The van der Waals surface area contributed by atoms with Crippen molar-refractivity contribution in [3.05, 3.63) is 33.9 Å². The van der Waals surface area contributed by atoms with Crippen LogP contribution in [0.5, 0.6) is 0 Å². The second-order valence-corrected chi connectivity index (χ2v) is 5.00. The highest BCUT2D eigenvalue weighted by Gasteiger charge is 2.11. The van der Waals surface area contributed by atoms with Gasteiger partial charge >= 0.3 is 5.69 Å². The van der Waals surface area contributed by atoms with E-state index in [0.717, 1.165) is 12.1 Å². The lowest BCUT2D eigenvalue weighted by molar-refractivity contribution is 0.603. The number of nitriles is 1. The molecule has 1 N–H and O–H groups in total. The van der Waals surface area contributed by atoms with Gasteiger partial charge in [-0.1, -0.05) is 6.92 Å². The van der Waals surface area contributed by atoms with Crippen molar-refractivity contribution in [1.29, 1.82) is 5.26 Å². The van der Waals surface area contributed by atoms with Gasteiger partial charge in [0.1, 0.15) is 5.03 Å². The first kappa shape index (κ1) is 13.4. The lowest BCUT2D eigenvalue weighted by Gasteiger charge is -2.04. The van der Waals surface area contributed by atoms with Gasteiger partial charge in [0.15, 0.2) is 5.16 Å². The molecule has 6 nitrogen and oxygen atoms in total. The number of aryl methyl sites for hydroxylation is 1. The van der Waals surface area contributed by atoms with Gasteiger partial charge < -0.3 is 0 Å². The molecule has 2 aromatic rings. The molecule has 0 spiro atoms. The third-order valence-electron chi connectivity index (χ3n) is 2.43. The Morgan fingerprint density at radius 2 is 2.32 bits per heavy atom. The summed E-state index contributed by atoms with van der Waals surface area (Å²) in [4.78, 5) is 15.9. The van der Waals surface area contributed by atoms with Crippen molar-refractivity contribution in [2.75, 3.05) is 0 Å². The molecule has 0 bridgehead atoms. The van der Waals surface area contributed by atoms with E-state index in [2.05, 4.69) is 21.3 Å². The average Bonchev–Trinajstić information content (AvgIpc) is 2.71. The van der Waals surface area contributed by atoms with Crippen molar-refractivity contribution in [3.8, 4) is 6.07 Å². The number of rotatable bonds is 4. The van der Waals surface area contributed by atoms with E-state index in [1.165, 1.54) is 11.8 Å². The molecule has 0 saturated carbocycles. The molecule has 98 valence electrons. The molecule has 2 rings (SSSR count). The van der Waals surface area contributed by atoms with Gasteiger partial charge in [0.25, 0.3) is 0 Å². The van der Waals surface area contributed by atoms with Crippen LogP contribution >= 0.6 is 11.8 Å². The molecule has 0 saturated heterocycles. The van der Waals surface area contributed by atoms with Crippen LogP contribution < -0.4 is 5.69 Å². The van der Waals surface area contributed by atoms with Gasteiger partial charge in [-0.15, -0.1) is 5.10 Å². The summed E-state index contributed by atoms with van der Waals surface area (Å²) in [5.74, 6) is 0. The van der Waals surface area contributed by atoms with Crippen LogP contribution in [0.15, 0.2) is 27.1 Å². The number of hydrogen-bond acceptors (Lipinski definition) is 5. The molecule has 0 fully saturated rings. The van der Waals surface area contributed by atoms with Crippen molar-refractivity contribution >= 4 is 11.8 Å². The van der Waals surface area contributed by atoms with Gasteiger partial charge in [-0.05, 0) is 37.2 Å². The molecular weight excluding hydrogens is 262 g/mol. The van der Waals surface area contributed by atoms with Crippen molar-refractivity contribution in [2.24, 2.45) is 0 Å². The van der Waals surface area contributed by atoms with E-state index in [0.29, 0.717) is 22.3 Å². The SMILES string of the molecule is CCCn1c(Sc2cc(C#N)cc(C)n2)n[nH]c1=O. The molecule has 0 radical (unpaired) electrons. The fraction of sp³-hybridized carbons (Fsp3) is 0.333. The summed E-state index contributed by atoms with van der Waals surface area (Å²) in [5.41, 5.74) is 1.09. The van der Waals surface area contributed by atoms with Gasteiger partial charge in [0.05, 0.1) is 11.6 Å². The maximum atomic E-state index is 11.6. The van der Waals surface area contributed by atoms with Crippen molar-refractivity contribution in [3.63, 3.8) is 0 Å². The number of H-pyrrole nitrogens is 1. The summed E-state index contributed by atoms with van der Waals surface area (Å²) in [6, 6.07) is 5.49. The first-order valence-electron chi connectivity index (χ1n) is 5.86. The molecule has 2 heterocycles. The summed E-state index contributed by atoms with van der Waals surface area (Å²) in [5, 5.41) is 16.6. The molecule has 19 heavy (non-hydrogen) atoms. The Bertz CT molecular complexity index is 682. The smallest absolute Gasteiger partial charge is 0.270 e. The van der Waals surface area contributed by atoms with Crippen LogP contribution in [-0.4, -0.2) is 19.7 Å². The molecular formula is C12H13N5OS. The normalized spacial score (nSPS) is 10.4. The summed E-state index contributed by atoms with van der Waals surface area (Å²) in [7, 11) is 0.